The molecule has 6 rings (SSSR count). The molecule has 3 aromatic rings. The van der Waals surface area contributed by atoms with E-state index in [9.17, 15) is 29.1 Å². The van der Waals surface area contributed by atoms with Crippen molar-refractivity contribution in [3.63, 3.8) is 0 Å². The summed E-state index contributed by atoms with van der Waals surface area (Å²) in [6.07, 6.45) is 3.43. The number of amides is 4. The number of hydrogen-bond donors (Lipinski definition) is 4. The SMILES string of the molecule is C=CC1CC1(NC(=O)[C@@H]1C[C@@H](Oc2cc(-c3csc(NC(C)=O)n3)nc3cc(OC)ccc23)CN1C(=O)[C@@H](NC(=O)OC1CCCC1)C(C)(C)C)C(=O)O. The Hall–Kier alpha value is -5.25. The highest BCUT2D eigenvalue weighted by Crippen LogP contribution is 2.45. The summed E-state index contributed by atoms with van der Waals surface area (Å²) in [7, 11) is 1.54. The standard InChI is InChI=1S/C38H46N6O9S/c1-7-21-17-38(21,34(48)49)43-32(46)29-15-24(18-44(29)33(47)31(37(3,4)5)42-36(50)53-22-10-8-9-11-22)52-30-16-27(28-19-54-35(41-28)39-20(2)45)40-26-14-23(51-6)12-13-25(26)30/h7,12-14,16,19,21-22,24,29,31H,1,8-11,15,17-18H2,2-6H3,(H,42,50)(H,43,46)(H,48,49)(H,39,41,45)/t21?,24-,29+,31-,38?/m1/s1. The van der Waals surface area contributed by atoms with Crippen molar-refractivity contribution in [1.82, 2.24) is 25.5 Å². The number of alkyl carbamates (subject to hydrolysis) is 1. The molecule has 2 aromatic heterocycles. The minimum Gasteiger partial charge on any atom is -0.497 e. The smallest absolute Gasteiger partial charge is 0.408 e. The number of pyridine rings is 1. The number of carbonyl (C=O) groups excluding carboxylic acids is 4. The first-order chi connectivity index (χ1) is 25.6. The van der Waals surface area contributed by atoms with Crippen LogP contribution in [0.5, 0.6) is 11.5 Å². The summed E-state index contributed by atoms with van der Waals surface area (Å²) in [6.45, 7) is 10.5. The molecule has 54 heavy (non-hydrogen) atoms. The number of aromatic nitrogens is 2. The number of methoxy groups -OCH3 is 1. The largest absolute Gasteiger partial charge is 0.497 e. The summed E-state index contributed by atoms with van der Waals surface area (Å²) in [5, 5.41) is 21.0. The zero-order chi connectivity index (χ0) is 38.9. The summed E-state index contributed by atoms with van der Waals surface area (Å²) in [5.41, 5.74) is -0.858. The number of carboxylic acids is 1. The molecule has 288 valence electrons. The van der Waals surface area contributed by atoms with E-state index in [4.69, 9.17) is 19.2 Å². The molecule has 2 aliphatic carbocycles. The van der Waals surface area contributed by atoms with Gasteiger partial charge in [0, 0.05) is 42.2 Å². The van der Waals surface area contributed by atoms with Gasteiger partial charge in [0.2, 0.25) is 17.7 Å². The van der Waals surface area contributed by atoms with Gasteiger partial charge in [-0.1, -0.05) is 26.8 Å². The molecule has 1 aliphatic heterocycles. The summed E-state index contributed by atoms with van der Waals surface area (Å²) in [6, 6.07) is 4.79. The molecule has 3 fully saturated rings. The van der Waals surface area contributed by atoms with Crippen LogP contribution < -0.4 is 25.4 Å². The molecule has 0 radical (unpaired) electrons. The third-order valence-corrected chi connectivity index (χ3v) is 10.9. The minimum absolute atomic E-state index is 0.0219. The molecule has 0 spiro atoms. The van der Waals surface area contributed by atoms with Crippen molar-refractivity contribution >= 4 is 57.2 Å². The number of thiazole rings is 1. The number of hydrogen-bond acceptors (Lipinski definition) is 11. The molecular weight excluding hydrogens is 717 g/mol. The van der Waals surface area contributed by atoms with Gasteiger partial charge in [0.05, 0.1) is 24.9 Å². The van der Waals surface area contributed by atoms with Gasteiger partial charge in [-0.25, -0.2) is 19.6 Å². The van der Waals surface area contributed by atoms with Crippen LogP contribution in [0.15, 0.2) is 42.3 Å². The highest BCUT2D eigenvalue weighted by Gasteiger charge is 2.61. The number of aliphatic carboxylic acids is 1. The van der Waals surface area contributed by atoms with Gasteiger partial charge in [0.15, 0.2) is 5.13 Å². The number of fused-ring (bicyclic) bond motifs is 1. The molecule has 2 unspecified atom stereocenters. The van der Waals surface area contributed by atoms with Crippen LogP contribution in [0.3, 0.4) is 0 Å². The Kier molecular flexibility index (Phi) is 10.9. The summed E-state index contributed by atoms with van der Waals surface area (Å²) >= 11 is 1.24. The molecule has 1 aromatic carbocycles. The van der Waals surface area contributed by atoms with Crippen LogP contribution in [0.2, 0.25) is 0 Å². The minimum atomic E-state index is -1.53. The number of anilines is 1. The van der Waals surface area contributed by atoms with Crippen LogP contribution in [0, 0.1) is 11.3 Å². The Bertz CT molecular complexity index is 1970. The number of nitrogens with one attached hydrogen (secondary N) is 3. The number of rotatable bonds is 12. The maximum Gasteiger partial charge on any atom is 0.408 e. The van der Waals surface area contributed by atoms with Gasteiger partial charge in [0.1, 0.15) is 47.0 Å². The number of ether oxygens (including phenoxy) is 3. The normalized spacial score (nSPS) is 23.0. The lowest BCUT2D eigenvalue weighted by Crippen LogP contribution is -2.59. The Morgan fingerprint density at radius 3 is 2.46 bits per heavy atom. The summed E-state index contributed by atoms with van der Waals surface area (Å²) in [4.78, 5) is 76.3. The van der Waals surface area contributed by atoms with E-state index >= 15 is 0 Å². The molecule has 15 nitrogen and oxygen atoms in total. The van der Waals surface area contributed by atoms with Gasteiger partial charge < -0.3 is 40.2 Å². The summed E-state index contributed by atoms with van der Waals surface area (Å²) in [5.74, 6) is -2.16. The fourth-order valence-corrected chi connectivity index (χ4v) is 7.88. The molecule has 3 heterocycles. The van der Waals surface area contributed by atoms with Gasteiger partial charge in [-0.15, -0.1) is 17.9 Å². The second-order valence-corrected chi connectivity index (χ2v) is 16.0. The lowest BCUT2D eigenvalue weighted by atomic mass is 9.85. The molecule has 4 amide bonds. The molecule has 4 N–H and O–H groups in total. The van der Waals surface area contributed by atoms with Crippen molar-refractivity contribution in [3.05, 3.63) is 42.3 Å². The fraction of sp³-hybridized carbons (Fsp3) is 0.500. The van der Waals surface area contributed by atoms with Crippen molar-refractivity contribution in [3.8, 4) is 22.9 Å². The number of likely N-dealkylation sites (tertiary alicyclic amines) is 1. The van der Waals surface area contributed by atoms with Crippen LogP contribution in [-0.2, 0) is 23.9 Å². The predicted octanol–water partition coefficient (Wildman–Crippen LogP) is 4.90. The quantitative estimate of drug-likeness (QED) is 0.183. The molecule has 5 atom stereocenters. The van der Waals surface area contributed by atoms with E-state index in [1.54, 1.807) is 57.5 Å². The third kappa shape index (κ3) is 8.12. The van der Waals surface area contributed by atoms with Crippen molar-refractivity contribution in [2.24, 2.45) is 11.3 Å². The van der Waals surface area contributed by atoms with Crippen molar-refractivity contribution in [2.75, 3.05) is 19.0 Å². The number of carboxylic acid groups (broad SMARTS) is 1. The van der Waals surface area contributed by atoms with E-state index < -0.39 is 58.9 Å². The maximum atomic E-state index is 14.5. The first-order valence-electron chi connectivity index (χ1n) is 18.0. The Morgan fingerprint density at radius 1 is 1.09 bits per heavy atom. The Balaban J connectivity index is 1.33. The average Bonchev–Trinajstić information content (AvgIpc) is 3.53. The first-order valence-corrected chi connectivity index (χ1v) is 18.8. The first kappa shape index (κ1) is 38.5. The number of carbonyl (C=O) groups is 5. The summed E-state index contributed by atoms with van der Waals surface area (Å²) < 4.78 is 17.7. The lowest BCUT2D eigenvalue weighted by Gasteiger charge is -2.35. The van der Waals surface area contributed by atoms with Crippen molar-refractivity contribution < 1.29 is 43.3 Å². The van der Waals surface area contributed by atoms with Gasteiger partial charge in [-0.2, -0.15) is 0 Å². The highest BCUT2D eigenvalue weighted by atomic mass is 32.1. The van der Waals surface area contributed by atoms with E-state index in [0.717, 1.165) is 25.7 Å². The van der Waals surface area contributed by atoms with Gasteiger partial charge in [-0.05, 0) is 49.7 Å². The number of benzene rings is 1. The van der Waals surface area contributed by atoms with E-state index in [1.807, 2.05) is 0 Å². The zero-order valence-electron chi connectivity index (χ0n) is 31.0. The van der Waals surface area contributed by atoms with Crippen LogP contribution in [0.25, 0.3) is 22.3 Å². The third-order valence-electron chi connectivity index (χ3n) is 10.1. The van der Waals surface area contributed by atoms with Gasteiger partial charge >= 0.3 is 12.1 Å². The second-order valence-electron chi connectivity index (χ2n) is 15.2. The average molecular weight is 763 g/mol. The van der Waals surface area contributed by atoms with E-state index in [-0.39, 0.29) is 31.4 Å². The molecule has 0 bridgehead atoms. The monoisotopic (exact) mass is 762 g/mol. The molecule has 3 aliphatic rings. The molecule has 2 saturated carbocycles. The van der Waals surface area contributed by atoms with Crippen LogP contribution in [0.4, 0.5) is 9.93 Å². The molecular formula is C38H46N6O9S. The van der Waals surface area contributed by atoms with Gasteiger partial charge in [-0.3, -0.25) is 14.4 Å². The Labute approximate surface area is 316 Å². The molecule has 16 heteroatoms. The highest BCUT2D eigenvalue weighted by molar-refractivity contribution is 7.14. The van der Waals surface area contributed by atoms with Crippen molar-refractivity contribution in [2.45, 2.75) is 96.1 Å². The topological polar surface area (TPSA) is 198 Å². The van der Waals surface area contributed by atoms with Crippen LogP contribution in [0.1, 0.15) is 66.2 Å². The van der Waals surface area contributed by atoms with Crippen molar-refractivity contribution in [1.29, 1.82) is 0 Å². The zero-order valence-corrected chi connectivity index (χ0v) is 31.8. The van der Waals surface area contributed by atoms with Gasteiger partial charge in [0.25, 0.3) is 0 Å². The van der Waals surface area contributed by atoms with E-state index in [0.29, 0.717) is 38.9 Å². The maximum absolute atomic E-state index is 14.5. The van der Waals surface area contributed by atoms with Crippen LogP contribution >= 0.6 is 11.3 Å². The van der Waals surface area contributed by atoms with Crippen LogP contribution in [-0.4, -0.2) is 93.2 Å². The number of nitrogens with zero attached hydrogens (tertiary/aromatic N) is 3. The van der Waals surface area contributed by atoms with E-state index in [1.165, 1.54) is 29.2 Å². The van der Waals surface area contributed by atoms with E-state index in [2.05, 4.69) is 27.5 Å². The lowest BCUT2D eigenvalue weighted by molar-refractivity contribution is -0.146. The fourth-order valence-electron chi connectivity index (χ4n) is 7.13. The predicted molar refractivity (Wildman–Crippen MR) is 200 cm³/mol. The molecule has 1 saturated heterocycles. The Morgan fingerprint density at radius 2 is 1.83 bits per heavy atom. The second kappa shape index (κ2) is 15.2.